The molecule has 0 atom stereocenters. The van der Waals surface area contributed by atoms with Gasteiger partial charge in [-0.15, -0.1) is 0 Å². The highest BCUT2D eigenvalue weighted by molar-refractivity contribution is 5.84. The third kappa shape index (κ3) is 1.79. The zero-order valence-electron chi connectivity index (χ0n) is 10.5. The molecule has 1 spiro atoms. The molecule has 0 radical (unpaired) electrons. The number of rotatable bonds is 0. The highest BCUT2D eigenvalue weighted by Crippen LogP contribution is 2.36. The summed E-state index contributed by atoms with van der Waals surface area (Å²) in [4.78, 5) is 0. The van der Waals surface area contributed by atoms with Gasteiger partial charge in [-0.05, 0) is 22.9 Å². The molecule has 0 bridgehead atoms. The molecule has 0 aliphatic carbocycles. The van der Waals surface area contributed by atoms with Crippen LogP contribution in [0.25, 0.3) is 10.8 Å². The van der Waals surface area contributed by atoms with Crippen LogP contribution in [0.4, 0.5) is 0 Å². The summed E-state index contributed by atoms with van der Waals surface area (Å²) in [6, 6.07) is 13.6. The van der Waals surface area contributed by atoms with Crippen molar-refractivity contribution in [2.75, 3.05) is 13.1 Å². The number of hydrogen-bond donors (Lipinski definition) is 0. The molecule has 2 heteroatoms. The van der Waals surface area contributed by atoms with Crippen LogP contribution in [0.2, 0.25) is 0 Å². The highest BCUT2D eigenvalue weighted by Gasteiger charge is 2.38. The topological polar surface area (TPSA) is 0 Å². The smallest absolute Gasteiger partial charge is 0.105 e. The molecule has 0 saturated carbocycles. The number of hydrogen-bond acceptors (Lipinski definition) is 0. The summed E-state index contributed by atoms with van der Waals surface area (Å²) in [6.45, 7) is 5.34. The van der Waals surface area contributed by atoms with Gasteiger partial charge in [0.15, 0.2) is 0 Å². The quantitative estimate of drug-likeness (QED) is 0.621. The van der Waals surface area contributed by atoms with E-state index in [1.807, 2.05) is 0 Å². The lowest BCUT2D eigenvalue weighted by Gasteiger charge is -2.28. The summed E-state index contributed by atoms with van der Waals surface area (Å²) in [5, 5.41) is 2.82. The molecule has 2 aromatic carbocycles. The molecule has 2 aliphatic heterocycles. The van der Waals surface area contributed by atoms with Crippen LogP contribution >= 0.6 is 0 Å². The van der Waals surface area contributed by atoms with Crippen molar-refractivity contribution >= 4 is 10.8 Å². The largest absolute Gasteiger partial charge is 1.00 e. The maximum Gasteiger partial charge on any atom is 0.105 e. The number of quaternary nitrogens is 1. The van der Waals surface area contributed by atoms with Gasteiger partial charge in [-0.3, -0.25) is 0 Å². The van der Waals surface area contributed by atoms with Crippen LogP contribution in [0.15, 0.2) is 36.4 Å². The summed E-state index contributed by atoms with van der Waals surface area (Å²) < 4.78 is 1.34. The molecule has 0 unspecified atom stereocenters. The number of benzene rings is 2. The van der Waals surface area contributed by atoms with Gasteiger partial charge < -0.3 is 21.5 Å². The minimum atomic E-state index is 0. The Hall–Kier alpha value is -0.860. The van der Waals surface area contributed by atoms with Gasteiger partial charge in [-0.25, -0.2) is 0 Å². The van der Waals surface area contributed by atoms with E-state index in [1.165, 1.54) is 54.3 Å². The number of nitrogens with zero attached hydrogens (tertiary/aromatic N) is 1. The zero-order valence-corrected chi connectivity index (χ0v) is 12.1. The van der Waals surface area contributed by atoms with E-state index in [9.17, 15) is 0 Å². The molecule has 1 saturated heterocycles. The average Bonchev–Trinajstić information content (AvgIpc) is 2.92. The first-order valence-electron chi connectivity index (χ1n) is 6.70. The predicted octanol–water partition coefficient (Wildman–Crippen LogP) is 0.468. The first-order chi connectivity index (χ1) is 8.35. The average molecular weight is 304 g/mol. The highest BCUT2D eigenvalue weighted by atomic mass is 79.9. The first-order valence-corrected chi connectivity index (χ1v) is 6.70. The maximum absolute atomic E-state index is 2.43. The van der Waals surface area contributed by atoms with Gasteiger partial charge in [0.1, 0.15) is 13.1 Å². The van der Waals surface area contributed by atoms with Crippen LogP contribution in [0.3, 0.4) is 0 Å². The SMILES string of the molecule is [Br-].c1ccc2cc3c(cc2c1)C[N+]1(CCCC1)C3. The Morgan fingerprint density at radius 1 is 0.778 bits per heavy atom. The first kappa shape index (κ1) is 12.2. The maximum atomic E-state index is 2.43. The van der Waals surface area contributed by atoms with Gasteiger partial charge in [-0.2, -0.15) is 0 Å². The lowest BCUT2D eigenvalue weighted by molar-refractivity contribution is -0.936. The molecule has 4 rings (SSSR count). The van der Waals surface area contributed by atoms with Crippen molar-refractivity contribution in [2.45, 2.75) is 25.9 Å². The minimum absolute atomic E-state index is 0. The molecule has 1 fully saturated rings. The predicted molar refractivity (Wildman–Crippen MR) is 70.6 cm³/mol. The summed E-state index contributed by atoms with van der Waals surface area (Å²) in [5.74, 6) is 0. The Balaban J connectivity index is 0.000001000. The van der Waals surface area contributed by atoms with Crippen molar-refractivity contribution in [2.24, 2.45) is 0 Å². The van der Waals surface area contributed by atoms with Crippen LogP contribution in [0, 0.1) is 0 Å². The fourth-order valence-electron chi connectivity index (χ4n) is 3.73. The fraction of sp³-hybridized carbons (Fsp3) is 0.375. The third-order valence-corrected chi connectivity index (χ3v) is 4.59. The van der Waals surface area contributed by atoms with Crippen LogP contribution in [-0.4, -0.2) is 17.6 Å². The van der Waals surface area contributed by atoms with E-state index in [2.05, 4.69) is 36.4 Å². The molecule has 18 heavy (non-hydrogen) atoms. The molecule has 2 heterocycles. The number of fused-ring (bicyclic) bond motifs is 2. The van der Waals surface area contributed by atoms with Crippen molar-refractivity contribution in [1.82, 2.24) is 0 Å². The lowest BCUT2D eigenvalue weighted by Crippen LogP contribution is -3.00. The van der Waals surface area contributed by atoms with E-state index in [0.29, 0.717) is 0 Å². The Morgan fingerprint density at radius 2 is 1.28 bits per heavy atom. The van der Waals surface area contributed by atoms with Crippen molar-refractivity contribution in [1.29, 1.82) is 0 Å². The number of halogens is 1. The van der Waals surface area contributed by atoms with Crippen LogP contribution in [-0.2, 0) is 13.1 Å². The van der Waals surface area contributed by atoms with Gasteiger partial charge >= 0.3 is 0 Å². The Morgan fingerprint density at radius 3 is 1.78 bits per heavy atom. The van der Waals surface area contributed by atoms with Crippen LogP contribution in [0.1, 0.15) is 24.0 Å². The summed E-state index contributed by atoms with van der Waals surface area (Å²) in [5.41, 5.74) is 3.20. The fourth-order valence-corrected chi connectivity index (χ4v) is 3.73. The molecule has 1 nitrogen and oxygen atoms in total. The van der Waals surface area contributed by atoms with Crippen molar-refractivity contribution < 1.29 is 21.5 Å². The van der Waals surface area contributed by atoms with E-state index < -0.39 is 0 Å². The van der Waals surface area contributed by atoms with Gasteiger partial charge in [0.2, 0.25) is 0 Å². The van der Waals surface area contributed by atoms with Gasteiger partial charge in [0, 0.05) is 24.0 Å². The molecule has 0 aromatic heterocycles. The van der Waals surface area contributed by atoms with E-state index in [1.54, 1.807) is 11.1 Å². The van der Waals surface area contributed by atoms with Crippen LogP contribution in [0.5, 0.6) is 0 Å². The van der Waals surface area contributed by atoms with E-state index in [-0.39, 0.29) is 17.0 Å². The van der Waals surface area contributed by atoms with E-state index in [0.717, 1.165) is 0 Å². The third-order valence-electron chi connectivity index (χ3n) is 4.59. The van der Waals surface area contributed by atoms with E-state index in [4.69, 9.17) is 0 Å². The van der Waals surface area contributed by atoms with Gasteiger partial charge in [-0.1, -0.05) is 24.3 Å². The zero-order chi connectivity index (χ0) is 11.3. The van der Waals surface area contributed by atoms with Crippen molar-refractivity contribution in [3.8, 4) is 0 Å². The minimum Gasteiger partial charge on any atom is -1.00 e. The molecule has 0 N–H and O–H groups in total. The molecule has 94 valence electrons. The Labute approximate surface area is 119 Å². The Bertz CT molecular complexity index is 538. The summed E-state index contributed by atoms with van der Waals surface area (Å²) in [7, 11) is 0. The monoisotopic (exact) mass is 303 g/mol. The molecular formula is C16H18BrN. The second-order valence-corrected chi connectivity index (χ2v) is 5.78. The Kier molecular flexibility index (Phi) is 2.95. The summed E-state index contributed by atoms with van der Waals surface area (Å²) >= 11 is 0. The van der Waals surface area contributed by atoms with Crippen molar-refractivity contribution in [3.63, 3.8) is 0 Å². The molecule has 0 amide bonds. The van der Waals surface area contributed by atoms with E-state index >= 15 is 0 Å². The lowest BCUT2D eigenvalue weighted by atomic mass is 10.0. The second-order valence-electron chi connectivity index (χ2n) is 5.78. The normalized spacial score (nSPS) is 20.0. The van der Waals surface area contributed by atoms with Crippen LogP contribution < -0.4 is 17.0 Å². The van der Waals surface area contributed by atoms with Gasteiger partial charge in [0.25, 0.3) is 0 Å². The standard InChI is InChI=1S/C16H18N.BrH/c1-2-6-14-10-16-12-17(7-3-4-8-17)11-15(16)9-13(14)5-1;/h1-2,5-6,9-10H,3-4,7-8,11-12H2;1H/q+1;/p-1. The van der Waals surface area contributed by atoms with Gasteiger partial charge in [0.05, 0.1) is 13.1 Å². The van der Waals surface area contributed by atoms with Crippen molar-refractivity contribution in [3.05, 3.63) is 47.5 Å². The molecule has 2 aromatic rings. The molecular weight excluding hydrogens is 286 g/mol. The summed E-state index contributed by atoms with van der Waals surface area (Å²) in [6.07, 6.45) is 2.85. The molecule has 2 aliphatic rings. The second kappa shape index (κ2) is 4.36.